The predicted molar refractivity (Wildman–Crippen MR) is 34.5 cm³/mol. The van der Waals surface area contributed by atoms with Crippen molar-refractivity contribution in [2.45, 2.75) is 0 Å². The molecule has 0 saturated carbocycles. The third-order valence-corrected chi connectivity index (χ3v) is 1.23. The summed E-state index contributed by atoms with van der Waals surface area (Å²) in [5, 5.41) is 0. The molecule has 0 spiro atoms. The van der Waals surface area contributed by atoms with Gasteiger partial charge < -0.3 is 9.97 Å². The molecule has 5 nitrogen and oxygen atoms in total. The molecule has 0 unspecified atom stereocenters. The maximum atomic E-state index is 10.9. The average molecular weight is 159 g/mol. The quantitative estimate of drug-likeness (QED) is 0.394. The number of fused-ring (bicyclic) bond motifs is 1. The van der Waals surface area contributed by atoms with Crippen molar-refractivity contribution >= 4 is 11.2 Å². The maximum Gasteiger partial charge on any atom is 1.00 e. The van der Waals surface area contributed by atoms with Crippen molar-refractivity contribution in [3.05, 3.63) is 23.0 Å². The van der Waals surface area contributed by atoms with Crippen LogP contribution in [-0.4, -0.2) is 19.9 Å². The van der Waals surface area contributed by atoms with Gasteiger partial charge in [0.05, 0.1) is 12.7 Å². The summed E-state index contributed by atoms with van der Waals surface area (Å²) in [7, 11) is 0. The molecule has 0 radical (unpaired) electrons. The minimum Gasteiger partial charge on any atom is -0.339 e. The SMILES string of the molecule is O=c1[nH]cnc2nc[nH]c12.[Na+]. The van der Waals surface area contributed by atoms with Crippen LogP contribution in [0.1, 0.15) is 0 Å². The Kier molecular flexibility index (Phi) is 2.43. The van der Waals surface area contributed by atoms with Gasteiger partial charge in [0.25, 0.3) is 5.56 Å². The Morgan fingerprint density at radius 1 is 1.18 bits per heavy atom. The number of aromatic amines is 2. The molecular formula is C5H4N4NaO+. The summed E-state index contributed by atoms with van der Waals surface area (Å²) >= 11 is 0. The van der Waals surface area contributed by atoms with E-state index in [2.05, 4.69) is 19.9 Å². The van der Waals surface area contributed by atoms with E-state index in [1.54, 1.807) is 0 Å². The molecule has 0 bridgehead atoms. The van der Waals surface area contributed by atoms with E-state index in [1.807, 2.05) is 0 Å². The fraction of sp³-hybridized carbons (Fsp3) is 0. The molecule has 50 valence electrons. The van der Waals surface area contributed by atoms with Gasteiger partial charge in [-0.3, -0.25) is 4.79 Å². The first-order chi connectivity index (χ1) is 4.88. The summed E-state index contributed by atoms with van der Waals surface area (Å²) < 4.78 is 0. The molecule has 2 aromatic rings. The Morgan fingerprint density at radius 3 is 2.45 bits per heavy atom. The molecule has 2 N–H and O–H groups in total. The van der Waals surface area contributed by atoms with Gasteiger partial charge in [0.2, 0.25) is 0 Å². The Bertz CT molecular complexity index is 406. The van der Waals surface area contributed by atoms with Crippen molar-refractivity contribution in [2.75, 3.05) is 0 Å². The maximum absolute atomic E-state index is 10.9. The largest absolute Gasteiger partial charge is 1.00 e. The smallest absolute Gasteiger partial charge is 0.339 e. The van der Waals surface area contributed by atoms with Crippen molar-refractivity contribution in [1.82, 2.24) is 19.9 Å². The molecule has 0 aliphatic rings. The topological polar surface area (TPSA) is 74.4 Å². The molecule has 0 amide bonds. The summed E-state index contributed by atoms with van der Waals surface area (Å²) in [5.41, 5.74) is 0.675. The van der Waals surface area contributed by atoms with Crippen LogP contribution in [0, 0.1) is 0 Å². The molecule has 0 fully saturated rings. The van der Waals surface area contributed by atoms with Gasteiger partial charge in [-0.2, -0.15) is 0 Å². The van der Waals surface area contributed by atoms with E-state index in [1.165, 1.54) is 12.7 Å². The number of hydrogen-bond donors (Lipinski definition) is 2. The molecule has 0 aromatic carbocycles. The van der Waals surface area contributed by atoms with Gasteiger partial charge in [-0.25, -0.2) is 9.97 Å². The minimum atomic E-state index is -0.192. The number of nitrogens with zero attached hydrogens (tertiary/aromatic N) is 2. The van der Waals surface area contributed by atoms with E-state index in [9.17, 15) is 4.79 Å². The first kappa shape index (κ1) is 8.45. The van der Waals surface area contributed by atoms with Gasteiger partial charge in [-0.15, -0.1) is 0 Å². The van der Waals surface area contributed by atoms with E-state index in [-0.39, 0.29) is 35.1 Å². The van der Waals surface area contributed by atoms with E-state index in [0.717, 1.165) is 0 Å². The summed E-state index contributed by atoms with van der Waals surface area (Å²) in [4.78, 5) is 23.6. The summed E-state index contributed by atoms with van der Waals surface area (Å²) in [6, 6.07) is 0. The summed E-state index contributed by atoms with van der Waals surface area (Å²) in [5.74, 6) is 0. The van der Waals surface area contributed by atoms with Gasteiger partial charge in [0.1, 0.15) is 0 Å². The van der Waals surface area contributed by atoms with Crippen LogP contribution >= 0.6 is 0 Å². The molecule has 2 heterocycles. The first-order valence-corrected chi connectivity index (χ1v) is 2.75. The number of aromatic nitrogens is 4. The third kappa shape index (κ3) is 1.35. The van der Waals surface area contributed by atoms with Crippen LogP contribution in [0.3, 0.4) is 0 Å². The zero-order chi connectivity index (χ0) is 6.97. The second-order valence-electron chi connectivity index (χ2n) is 1.83. The van der Waals surface area contributed by atoms with Crippen LogP contribution in [0.4, 0.5) is 0 Å². The fourth-order valence-corrected chi connectivity index (χ4v) is 0.776. The van der Waals surface area contributed by atoms with Crippen LogP contribution in [0.2, 0.25) is 0 Å². The van der Waals surface area contributed by atoms with E-state index in [0.29, 0.717) is 11.2 Å². The van der Waals surface area contributed by atoms with Crippen LogP contribution in [0.25, 0.3) is 11.2 Å². The number of nitrogens with one attached hydrogen (secondary N) is 2. The third-order valence-electron chi connectivity index (χ3n) is 1.23. The zero-order valence-electron chi connectivity index (χ0n) is 5.96. The number of rotatable bonds is 0. The van der Waals surface area contributed by atoms with E-state index < -0.39 is 0 Å². The molecule has 0 saturated heterocycles. The van der Waals surface area contributed by atoms with Crippen LogP contribution in [0.5, 0.6) is 0 Å². The zero-order valence-corrected chi connectivity index (χ0v) is 7.96. The number of hydrogen-bond acceptors (Lipinski definition) is 3. The van der Waals surface area contributed by atoms with Gasteiger partial charge in [0.15, 0.2) is 11.2 Å². The van der Waals surface area contributed by atoms with Crippen molar-refractivity contribution in [2.24, 2.45) is 0 Å². The van der Waals surface area contributed by atoms with Gasteiger partial charge in [0, 0.05) is 0 Å². The normalized spacial score (nSPS) is 9.45. The summed E-state index contributed by atoms with van der Waals surface area (Å²) in [6.45, 7) is 0. The number of imidazole rings is 1. The molecule has 2 rings (SSSR count). The molecule has 0 aliphatic carbocycles. The average Bonchev–Trinajstić information content (AvgIpc) is 2.36. The second-order valence-corrected chi connectivity index (χ2v) is 1.83. The standard InChI is InChI=1S/C5H4N4O.Na/c10-5-3-4(7-1-6-3)8-2-9-5;/h1-2H,(H2,6,7,8,9,10);/q;+1. The van der Waals surface area contributed by atoms with Crippen molar-refractivity contribution in [3.63, 3.8) is 0 Å². The molecule has 0 atom stereocenters. The molecular weight excluding hydrogens is 155 g/mol. The van der Waals surface area contributed by atoms with E-state index >= 15 is 0 Å². The van der Waals surface area contributed by atoms with E-state index in [4.69, 9.17) is 0 Å². The number of H-pyrrole nitrogens is 2. The van der Waals surface area contributed by atoms with Crippen LogP contribution < -0.4 is 35.1 Å². The molecule has 0 aliphatic heterocycles. The van der Waals surface area contributed by atoms with Gasteiger partial charge in [-0.1, -0.05) is 0 Å². The van der Waals surface area contributed by atoms with Crippen LogP contribution in [0.15, 0.2) is 17.4 Å². The second kappa shape index (κ2) is 3.17. The van der Waals surface area contributed by atoms with Crippen molar-refractivity contribution in [1.29, 1.82) is 0 Å². The Balaban J connectivity index is 0.000000605. The monoisotopic (exact) mass is 159 g/mol. The minimum absolute atomic E-state index is 0. The Morgan fingerprint density at radius 2 is 1.82 bits per heavy atom. The van der Waals surface area contributed by atoms with Crippen molar-refractivity contribution < 1.29 is 29.6 Å². The summed E-state index contributed by atoms with van der Waals surface area (Å²) in [6.07, 6.45) is 2.76. The van der Waals surface area contributed by atoms with Crippen LogP contribution in [-0.2, 0) is 0 Å². The molecule has 6 heteroatoms. The fourth-order valence-electron chi connectivity index (χ4n) is 0.776. The predicted octanol–water partition coefficient (Wildman–Crippen LogP) is -3.35. The Labute approximate surface area is 83.6 Å². The molecule has 2 aromatic heterocycles. The van der Waals surface area contributed by atoms with Crippen molar-refractivity contribution in [3.8, 4) is 0 Å². The van der Waals surface area contributed by atoms with Gasteiger partial charge in [-0.05, 0) is 0 Å². The first-order valence-electron chi connectivity index (χ1n) is 2.75. The van der Waals surface area contributed by atoms with Gasteiger partial charge >= 0.3 is 29.6 Å². The molecule has 11 heavy (non-hydrogen) atoms. The Hall–Kier alpha value is -0.650.